The number of carbonyl (C=O) groups is 1. The maximum absolute atomic E-state index is 13.4. The van der Waals surface area contributed by atoms with Gasteiger partial charge in [-0.2, -0.15) is 0 Å². The van der Waals surface area contributed by atoms with Gasteiger partial charge in [-0.15, -0.1) is 5.10 Å². The zero-order valence-electron chi connectivity index (χ0n) is 23.3. The van der Waals surface area contributed by atoms with Crippen molar-refractivity contribution in [2.75, 3.05) is 18.5 Å². The van der Waals surface area contributed by atoms with Gasteiger partial charge in [0.2, 0.25) is 5.88 Å². The molecule has 0 unspecified atom stereocenters. The molecule has 0 spiro atoms. The van der Waals surface area contributed by atoms with Crippen LogP contribution in [-0.4, -0.2) is 53.9 Å². The normalized spacial score (nSPS) is 17.0. The van der Waals surface area contributed by atoms with E-state index in [0.29, 0.717) is 36.6 Å². The predicted octanol–water partition coefficient (Wildman–Crippen LogP) is 3.63. The molecule has 0 saturated carbocycles. The van der Waals surface area contributed by atoms with Crippen LogP contribution in [0.2, 0.25) is 0 Å². The summed E-state index contributed by atoms with van der Waals surface area (Å²) in [5.41, 5.74) is 0.588. The molecule has 3 heterocycles. The number of hydrogen-bond acceptors (Lipinski definition) is 9. The average Bonchev–Trinajstić information content (AvgIpc) is 3.48. The first-order valence-corrected chi connectivity index (χ1v) is 14.4. The van der Waals surface area contributed by atoms with Crippen LogP contribution in [0.3, 0.4) is 0 Å². The van der Waals surface area contributed by atoms with Crippen LogP contribution in [-0.2, 0) is 16.6 Å². The third kappa shape index (κ3) is 6.33. The average molecular weight is 566 g/mol. The van der Waals surface area contributed by atoms with Crippen molar-refractivity contribution in [3.63, 3.8) is 0 Å². The molecule has 0 radical (unpaired) electrons. The summed E-state index contributed by atoms with van der Waals surface area (Å²) >= 11 is 0. The molecule has 12 heteroatoms. The first-order chi connectivity index (χ1) is 18.9. The third-order valence-electron chi connectivity index (χ3n) is 6.62. The Balaban J connectivity index is 1.67. The lowest BCUT2D eigenvalue weighted by atomic mass is 9.97. The van der Waals surface area contributed by atoms with E-state index >= 15 is 0 Å². The van der Waals surface area contributed by atoms with E-state index in [-0.39, 0.29) is 21.7 Å². The smallest absolute Gasteiger partial charge is 0.268 e. The van der Waals surface area contributed by atoms with Crippen LogP contribution in [0, 0.1) is 11.3 Å². The number of rotatable bonds is 10. The van der Waals surface area contributed by atoms with Crippen molar-refractivity contribution in [3.8, 4) is 11.7 Å². The maximum atomic E-state index is 13.4. The van der Waals surface area contributed by atoms with Crippen LogP contribution in [0.1, 0.15) is 50.0 Å². The number of nitrogens with one attached hydrogen (secondary N) is 3. The second-order valence-corrected chi connectivity index (χ2v) is 12.2. The molecule has 4 rings (SSSR count). The molecule has 11 nitrogen and oxygen atoms in total. The van der Waals surface area contributed by atoms with Crippen molar-refractivity contribution in [3.05, 3.63) is 77.0 Å². The van der Waals surface area contributed by atoms with Gasteiger partial charge in [0.1, 0.15) is 17.3 Å². The Hall–Kier alpha value is -4.19. The van der Waals surface area contributed by atoms with Gasteiger partial charge in [0.15, 0.2) is 5.82 Å². The number of benzene rings is 1. The van der Waals surface area contributed by atoms with Crippen LogP contribution < -0.4 is 19.7 Å². The van der Waals surface area contributed by atoms with Crippen molar-refractivity contribution in [2.45, 2.75) is 46.3 Å². The van der Waals surface area contributed by atoms with E-state index in [4.69, 9.17) is 15.1 Å². The van der Waals surface area contributed by atoms with Crippen LogP contribution in [0.25, 0.3) is 5.82 Å². The lowest BCUT2D eigenvalue weighted by Crippen LogP contribution is -2.41. The number of carbonyl (C=O) groups excluding carboxylic acids is 1. The summed E-state index contributed by atoms with van der Waals surface area (Å²) in [5.74, 6) is 0.729. The van der Waals surface area contributed by atoms with Gasteiger partial charge < -0.3 is 20.4 Å². The van der Waals surface area contributed by atoms with E-state index < -0.39 is 15.9 Å². The fourth-order valence-corrected chi connectivity index (χ4v) is 6.04. The molecular formula is C28H35N7O4S. The summed E-state index contributed by atoms with van der Waals surface area (Å²) in [4.78, 5) is 19.9. The number of sulfonamides is 1. The summed E-state index contributed by atoms with van der Waals surface area (Å²) in [6.07, 6.45) is 3.76. The largest absolute Gasteiger partial charge is 0.472 e. The molecule has 1 amide bonds. The molecule has 212 valence electrons. The quantitative estimate of drug-likeness (QED) is 0.316. The second kappa shape index (κ2) is 11.5. The number of amides is 1. The molecule has 1 aromatic carbocycles. The maximum Gasteiger partial charge on any atom is 0.268 e. The molecule has 1 aliphatic heterocycles. The van der Waals surface area contributed by atoms with Gasteiger partial charge in [0, 0.05) is 37.6 Å². The molecule has 2 aromatic heterocycles. The van der Waals surface area contributed by atoms with Crippen LogP contribution in [0.15, 0.2) is 65.8 Å². The minimum Gasteiger partial charge on any atom is -0.472 e. The molecule has 1 fully saturated rings. The number of anilines is 1. The zero-order chi connectivity index (χ0) is 29.1. The van der Waals surface area contributed by atoms with Crippen molar-refractivity contribution in [1.29, 1.82) is 5.41 Å². The van der Waals surface area contributed by atoms with Crippen molar-refractivity contribution in [1.82, 2.24) is 24.8 Å². The van der Waals surface area contributed by atoms with Gasteiger partial charge >= 0.3 is 0 Å². The summed E-state index contributed by atoms with van der Waals surface area (Å²) < 4.78 is 35.4. The number of nitrogens with zero attached hydrogens (tertiary/aromatic N) is 4. The van der Waals surface area contributed by atoms with E-state index in [2.05, 4.69) is 35.9 Å². The SMILES string of the molecule is CN/C=C(\C(C)=N)S(=O)(=O)NC(=O)c1ccc(-n2ccc(OCc3ccccc3)n2)nc1N1C[C@@H](C)CC1(C)C. The van der Waals surface area contributed by atoms with Gasteiger partial charge in [-0.3, -0.25) is 4.79 Å². The lowest BCUT2D eigenvalue weighted by molar-refractivity contribution is 0.0982. The Morgan fingerprint density at radius 3 is 2.55 bits per heavy atom. The highest BCUT2D eigenvalue weighted by molar-refractivity contribution is 7.94. The van der Waals surface area contributed by atoms with Gasteiger partial charge in [-0.05, 0) is 50.8 Å². The standard InChI is InChI=1S/C28H35N7O4S/c1-19-15-28(3,4)34(17-19)26-22(27(36)33-40(37,38)23(16-30-5)20(2)29)11-12-24(31-26)35-14-13-25(32-35)39-18-21-9-7-6-8-10-21/h6-14,16,19,29-30H,15,17-18H2,1-5H3,(H,33,36)/b23-16+,29-20?/t19-/m0/s1. The molecule has 1 saturated heterocycles. The van der Waals surface area contributed by atoms with Gasteiger partial charge in [0.05, 0.1) is 11.3 Å². The van der Waals surface area contributed by atoms with Gasteiger partial charge in [-0.1, -0.05) is 37.3 Å². The van der Waals surface area contributed by atoms with Gasteiger partial charge in [-0.25, -0.2) is 22.8 Å². The Bertz CT molecular complexity index is 1530. The highest BCUT2D eigenvalue weighted by atomic mass is 32.2. The number of aromatic nitrogens is 3. The number of pyridine rings is 1. The highest BCUT2D eigenvalue weighted by Crippen LogP contribution is 2.37. The topological polar surface area (TPSA) is 142 Å². The molecule has 3 N–H and O–H groups in total. The fourth-order valence-electron chi connectivity index (χ4n) is 4.90. The zero-order valence-corrected chi connectivity index (χ0v) is 24.1. The van der Waals surface area contributed by atoms with Crippen LogP contribution in [0.5, 0.6) is 5.88 Å². The van der Waals surface area contributed by atoms with Gasteiger partial charge in [0.25, 0.3) is 15.9 Å². The van der Waals surface area contributed by atoms with E-state index in [0.717, 1.165) is 12.0 Å². The summed E-state index contributed by atoms with van der Waals surface area (Å²) in [5, 5.41) is 14.9. The molecule has 1 atom stereocenters. The van der Waals surface area contributed by atoms with Crippen molar-refractivity contribution in [2.24, 2.45) is 5.92 Å². The lowest BCUT2D eigenvalue weighted by Gasteiger charge is -2.34. The van der Waals surface area contributed by atoms with E-state index in [1.807, 2.05) is 35.2 Å². The fraction of sp³-hybridized carbons (Fsp3) is 0.357. The number of ether oxygens (including phenoxy) is 1. The minimum atomic E-state index is -4.31. The van der Waals surface area contributed by atoms with E-state index in [1.54, 1.807) is 29.1 Å². The van der Waals surface area contributed by atoms with E-state index in [9.17, 15) is 13.2 Å². The Kier molecular flexibility index (Phi) is 8.29. The van der Waals surface area contributed by atoms with Crippen LogP contribution in [0.4, 0.5) is 5.82 Å². The Morgan fingerprint density at radius 2 is 1.93 bits per heavy atom. The molecule has 3 aromatic rings. The van der Waals surface area contributed by atoms with E-state index in [1.165, 1.54) is 20.2 Å². The highest BCUT2D eigenvalue weighted by Gasteiger charge is 2.39. The first-order valence-electron chi connectivity index (χ1n) is 12.9. The molecule has 1 aliphatic rings. The molecule has 0 bridgehead atoms. The Labute approximate surface area is 234 Å². The number of allylic oxidation sites excluding steroid dienone is 1. The summed E-state index contributed by atoms with van der Waals surface area (Å²) in [6, 6.07) is 14.6. The molecule has 0 aliphatic carbocycles. The third-order valence-corrected chi connectivity index (χ3v) is 8.08. The molecular weight excluding hydrogens is 530 g/mol. The molecule has 40 heavy (non-hydrogen) atoms. The number of hydrogen-bond donors (Lipinski definition) is 3. The minimum absolute atomic E-state index is 0.105. The van der Waals surface area contributed by atoms with Crippen molar-refractivity contribution >= 4 is 27.5 Å². The predicted molar refractivity (Wildman–Crippen MR) is 154 cm³/mol. The van der Waals surface area contributed by atoms with Crippen molar-refractivity contribution < 1.29 is 17.9 Å². The first kappa shape index (κ1) is 28.8. The summed E-state index contributed by atoms with van der Waals surface area (Å²) in [7, 11) is -2.79. The van der Waals surface area contributed by atoms with Crippen LogP contribution >= 0.6 is 0 Å². The second-order valence-electron chi connectivity index (χ2n) is 10.5. The summed E-state index contributed by atoms with van der Waals surface area (Å²) in [6.45, 7) is 8.61. The Morgan fingerprint density at radius 1 is 1.20 bits per heavy atom. The monoisotopic (exact) mass is 565 g/mol.